The number of fused-ring (bicyclic) bond motifs is 1. The number of amides is 3. The molecule has 160 valence electrons. The molecule has 2 aromatic rings. The van der Waals surface area contributed by atoms with Crippen LogP contribution >= 0.6 is 0 Å². The van der Waals surface area contributed by atoms with Gasteiger partial charge in [-0.2, -0.15) is 0 Å². The van der Waals surface area contributed by atoms with Crippen molar-refractivity contribution in [2.24, 2.45) is 11.8 Å². The molecule has 2 atom stereocenters. The number of aliphatic carboxylic acids is 1. The van der Waals surface area contributed by atoms with Crippen molar-refractivity contribution in [1.82, 2.24) is 9.80 Å². The fraction of sp³-hybridized carbons (Fsp3) is 0.458. The summed E-state index contributed by atoms with van der Waals surface area (Å²) < 4.78 is 0. The van der Waals surface area contributed by atoms with Gasteiger partial charge in [0.2, 0.25) is 0 Å². The van der Waals surface area contributed by atoms with Gasteiger partial charge in [-0.3, -0.25) is 4.79 Å². The first-order chi connectivity index (χ1) is 14.2. The normalized spacial score (nSPS) is 18.1. The standard InChI is InChI=1S/C24H30N2O4/c1-15(2)12-20-22(27)26(21(23(28)29)13-16(3)4)24(30)25(20)14-18-10-7-9-17-8-5-6-11-19(17)18/h5-11,15-16,20-21H,12-14H2,1-4H3,(H,28,29). The summed E-state index contributed by atoms with van der Waals surface area (Å²) in [5.74, 6) is -1.31. The van der Waals surface area contributed by atoms with Crippen LogP contribution in [-0.2, 0) is 16.1 Å². The lowest BCUT2D eigenvalue weighted by atomic mass is 9.99. The Bertz CT molecular complexity index is 948. The first kappa shape index (κ1) is 21.8. The van der Waals surface area contributed by atoms with Gasteiger partial charge in [-0.15, -0.1) is 0 Å². The molecule has 1 aliphatic heterocycles. The van der Waals surface area contributed by atoms with Crippen LogP contribution in [0.15, 0.2) is 42.5 Å². The Morgan fingerprint density at radius 1 is 1.00 bits per heavy atom. The van der Waals surface area contributed by atoms with Crippen LogP contribution in [0.1, 0.15) is 46.1 Å². The molecule has 2 unspecified atom stereocenters. The Labute approximate surface area is 177 Å². The van der Waals surface area contributed by atoms with Crippen molar-refractivity contribution in [1.29, 1.82) is 0 Å². The topological polar surface area (TPSA) is 77.9 Å². The smallest absolute Gasteiger partial charge is 0.328 e. The fourth-order valence-corrected chi connectivity index (χ4v) is 4.18. The second kappa shape index (κ2) is 8.86. The molecule has 1 N–H and O–H groups in total. The van der Waals surface area contributed by atoms with Crippen LogP contribution < -0.4 is 0 Å². The van der Waals surface area contributed by atoms with E-state index >= 15 is 0 Å². The molecule has 30 heavy (non-hydrogen) atoms. The molecular formula is C24H30N2O4. The van der Waals surface area contributed by atoms with Crippen molar-refractivity contribution >= 4 is 28.7 Å². The van der Waals surface area contributed by atoms with Gasteiger partial charge in [0.05, 0.1) is 0 Å². The van der Waals surface area contributed by atoms with E-state index in [0.717, 1.165) is 21.2 Å². The summed E-state index contributed by atoms with van der Waals surface area (Å²) in [7, 11) is 0. The molecule has 0 radical (unpaired) electrons. The van der Waals surface area contributed by atoms with Gasteiger partial charge in [-0.1, -0.05) is 70.2 Å². The van der Waals surface area contributed by atoms with E-state index in [4.69, 9.17) is 0 Å². The van der Waals surface area contributed by atoms with E-state index in [0.29, 0.717) is 6.42 Å². The summed E-state index contributed by atoms with van der Waals surface area (Å²) >= 11 is 0. The number of carbonyl (C=O) groups excluding carboxylic acids is 2. The van der Waals surface area contributed by atoms with Gasteiger partial charge in [0.25, 0.3) is 5.91 Å². The zero-order chi connectivity index (χ0) is 22.0. The lowest BCUT2D eigenvalue weighted by molar-refractivity contribution is -0.147. The van der Waals surface area contributed by atoms with Gasteiger partial charge in [0.1, 0.15) is 12.1 Å². The molecule has 6 heteroatoms. The Balaban J connectivity index is 1.99. The van der Waals surface area contributed by atoms with E-state index in [1.165, 1.54) is 0 Å². The average molecular weight is 411 g/mol. The third-order valence-electron chi connectivity index (χ3n) is 5.56. The maximum Gasteiger partial charge on any atom is 0.328 e. The molecule has 0 aromatic heterocycles. The van der Waals surface area contributed by atoms with Gasteiger partial charge >= 0.3 is 12.0 Å². The summed E-state index contributed by atoms with van der Waals surface area (Å²) in [6.45, 7) is 8.05. The van der Waals surface area contributed by atoms with Crippen molar-refractivity contribution in [3.05, 3.63) is 48.0 Å². The largest absolute Gasteiger partial charge is 0.480 e. The fourth-order valence-electron chi connectivity index (χ4n) is 4.18. The summed E-state index contributed by atoms with van der Waals surface area (Å²) in [4.78, 5) is 41.0. The van der Waals surface area contributed by atoms with Crippen molar-refractivity contribution < 1.29 is 19.5 Å². The van der Waals surface area contributed by atoms with Gasteiger partial charge in [-0.05, 0) is 41.0 Å². The Hall–Kier alpha value is -2.89. The molecule has 0 bridgehead atoms. The molecule has 1 saturated heterocycles. The van der Waals surface area contributed by atoms with Crippen LogP contribution in [0.25, 0.3) is 10.8 Å². The number of imide groups is 1. The summed E-state index contributed by atoms with van der Waals surface area (Å²) in [5, 5.41) is 11.8. The van der Waals surface area contributed by atoms with E-state index in [1.54, 1.807) is 4.90 Å². The van der Waals surface area contributed by atoms with Crippen molar-refractivity contribution in [2.45, 2.75) is 59.2 Å². The van der Waals surface area contributed by atoms with E-state index in [-0.39, 0.29) is 24.8 Å². The number of rotatable bonds is 8. The van der Waals surface area contributed by atoms with Crippen LogP contribution in [-0.4, -0.2) is 44.9 Å². The molecule has 1 fully saturated rings. The SMILES string of the molecule is CC(C)CC1C(=O)N(C(CC(C)C)C(=O)O)C(=O)N1Cc1cccc2ccccc12. The van der Waals surface area contributed by atoms with Crippen molar-refractivity contribution in [3.8, 4) is 0 Å². The highest BCUT2D eigenvalue weighted by molar-refractivity contribution is 6.07. The second-order valence-corrected chi connectivity index (χ2v) is 8.89. The van der Waals surface area contributed by atoms with E-state index < -0.39 is 30.0 Å². The lowest BCUT2D eigenvalue weighted by Gasteiger charge is -2.25. The zero-order valence-electron chi connectivity index (χ0n) is 18.0. The molecule has 3 rings (SSSR count). The molecule has 0 saturated carbocycles. The molecule has 0 spiro atoms. The number of nitrogens with zero attached hydrogens (tertiary/aromatic N) is 2. The monoisotopic (exact) mass is 410 g/mol. The maximum atomic E-state index is 13.3. The predicted molar refractivity (Wildman–Crippen MR) is 116 cm³/mol. The van der Waals surface area contributed by atoms with Crippen LogP contribution in [0.3, 0.4) is 0 Å². The summed E-state index contributed by atoms with van der Waals surface area (Å²) in [6, 6.07) is 11.5. The minimum Gasteiger partial charge on any atom is -0.480 e. The number of urea groups is 1. The quantitative estimate of drug-likeness (QED) is 0.649. The van der Waals surface area contributed by atoms with Gasteiger partial charge in [-0.25, -0.2) is 14.5 Å². The van der Waals surface area contributed by atoms with Crippen LogP contribution in [0.4, 0.5) is 4.79 Å². The number of hydrogen-bond acceptors (Lipinski definition) is 3. The molecule has 1 heterocycles. The van der Waals surface area contributed by atoms with Gasteiger partial charge < -0.3 is 10.0 Å². The first-order valence-electron chi connectivity index (χ1n) is 10.5. The molecule has 1 aliphatic rings. The highest BCUT2D eigenvalue weighted by Gasteiger charge is 2.49. The molecule has 2 aromatic carbocycles. The van der Waals surface area contributed by atoms with E-state index in [2.05, 4.69) is 0 Å². The number of carboxylic acid groups (broad SMARTS) is 1. The third kappa shape index (κ3) is 4.32. The Morgan fingerprint density at radius 2 is 1.67 bits per heavy atom. The molecular weight excluding hydrogens is 380 g/mol. The highest BCUT2D eigenvalue weighted by atomic mass is 16.4. The summed E-state index contributed by atoms with van der Waals surface area (Å²) in [5.41, 5.74) is 0.945. The predicted octanol–water partition coefficient (Wildman–Crippen LogP) is 4.52. The first-order valence-corrected chi connectivity index (χ1v) is 10.5. The number of carboxylic acids is 1. The molecule has 0 aliphatic carbocycles. The number of benzene rings is 2. The van der Waals surface area contributed by atoms with Crippen LogP contribution in [0.2, 0.25) is 0 Å². The maximum absolute atomic E-state index is 13.3. The van der Waals surface area contributed by atoms with Crippen LogP contribution in [0.5, 0.6) is 0 Å². The Morgan fingerprint density at radius 3 is 2.30 bits per heavy atom. The molecule has 6 nitrogen and oxygen atoms in total. The van der Waals surface area contributed by atoms with E-state index in [1.807, 2.05) is 70.2 Å². The number of carbonyl (C=O) groups is 3. The number of hydrogen-bond donors (Lipinski definition) is 1. The minimum absolute atomic E-state index is 0.0439. The summed E-state index contributed by atoms with van der Waals surface area (Å²) in [6.07, 6.45) is 0.739. The lowest BCUT2D eigenvalue weighted by Crippen LogP contribution is -2.46. The van der Waals surface area contributed by atoms with Gasteiger partial charge in [0.15, 0.2) is 0 Å². The van der Waals surface area contributed by atoms with Gasteiger partial charge in [0, 0.05) is 6.54 Å². The second-order valence-electron chi connectivity index (χ2n) is 8.89. The van der Waals surface area contributed by atoms with Crippen molar-refractivity contribution in [3.63, 3.8) is 0 Å². The van der Waals surface area contributed by atoms with Crippen molar-refractivity contribution in [2.75, 3.05) is 0 Å². The highest BCUT2D eigenvalue weighted by Crippen LogP contribution is 2.30. The molecule has 3 amide bonds. The minimum atomic E-state index is -1.14. The average Bonchev–Trinajstić information content (AvgIpc) is 2.90. The van der Waals surface area contributed by atoms with Crippen LogP contribution in [0, 0.1) is 11.8 Å². The van der Waals surface area contributed by atoms with E-state index in [9.17, 15) is 19.5 Å². The Kier molecular flexibility index (Phi) is 6.44. The third-order valence-corrected chi connectivity index (χ3v) is 5.56. The zero-order valence-corrected chi connectivity index (χ0v) is 18.0.